The van der Waals surface area contributed by atoms with Crippen LogP contribution in [0.2, 0.25) is 0 Å². The molecule has 0 heterocycles. The van der Waals surface area contributed by atoms with Crippen molar-refractivity contribution in [1.82, 2.24) is 0 Å². The molecule has 0 unspecified atom stereocenters. The van der Waals surface area contributed by atoms with Crippen LogP contribution in [-0.4, -0.2) is 72.8 Å². The predicted molar refractivity (Wildman–Crippen MR) is 17.2 cm³/mol. The summed E-state index contributed by atoms with van der Waals surface area (Å²) in [4.78, 5) is 0. The SMILES string of the molecule is [H-].[H-].[O]=[Ti].[PbH2].[Sr+2]. The monoisotopic (exact) mass is 364 g/mol. The van der Waals surface area contributed by atoms with Crippen molar-refractivity contribution in [2.75, 3.05) is 0 Å². The van der Waals surface area contributed by atoms with Crippen LogP contribution in [0.3, 0.4) is 0 Å². The Bertz CT molecular complexity index is 13.5. The Balaban J connectivity index is -0.000000000833. The van der Waals surface area contributed by atoms with Crippen molar-refractivity contribution in [3.63, 3.8) is 0 Å². The molecule has 0 amide bonds. The molecule has 2 radical (unpaired) electrons. The van der Waals surface area contributed by atoms with Crippen molar-refractivity contribution in [3.8, 4) is 0 Å². The Labute approximate surface area is 97.0 Å². The molecule has 0 aromatic rings. The Morgan fingerprint density at radius 3 is 1.50 bits per heavy atom. The first-order valence-electron chi connectivity index (χ1n) is 0.204. The van der Waals surface area contributed by atoms with E-state index in [1.807, 2.05) is 0 Å². The van der Waals surface area contributed by atoms with E-state index in [0.29, 0.717) is 0 Å². The Kier molecular flexibility index (Phi) is 66.3. The fraction of sp³-hybridized carbons (Fsp3) is 0. The van der Waals surface area contributed by atoms with E-state index in [9.17, 15) is 0 Å². The molecule has 0 aliphatic heterocycles. The second-order valence-electron chi connectivity index (χ2n) is 0. The molecule has 0 aliphatic rings. The van der Waals surface area contributed by atoms with Gasteiger partial charge in [-0.2, -0.15) is 0 Å². The first-order valence-corrected chi connectivity index (χ1v) is 0.842. The van der Waals surface area contributed by atoms with Crippen LogP contribution in [0.1, 0.15) is 2.85 Å². The van der Waals surface area contributed by atoms with Crippen LogP contribution in [0.5, 0.6) is 0 Å². The molecule has 0 spiro atoms. The summed E-state index contributed by atoms with van der Waals surface area (Å²) in [5.74, 6) is 0. The van der Waals surface area contributed by atoms with Gasteiger partial charge >= 0.3 is 96.5 Å². The molecular formula is H4OPbSrTi. The average Bonchev–Trinajstić information content (AvgIpc) is 1.00. The maximum Gasteiger partial charge on any atom is 2.00 e. The summed E-state index contributed by atoms with van der Waals surface area (Å²) in [5.41, 5.74) is 0. The summed E-state index contributed by atoms with van der Waals surface area (Å²) in [6, 6.07) is 0. The molecule has 0 aliphatic carbocycles. The van der Waals surface area contributed by atoms with E-state index < -0.39 is 0 Å². The van der Waals surface area contributed by atoms with Crippen LogP contribution in [0.4, 0.5) is 0 Å². The van der Waals surface area contributed by atoms with E-state index in [2.05, 4.69) is 0 Å². The van der Waals surface area contributed by atoms with E-state index in [1.165, 1.54) is 0 Å². The normalized spacial score (nSPS) is 0.750. The van der Waals surface area contributed by atoms with Crippen LogP contribution in [0.25, 0.3) is 0 Å². The Morgan fingerprint density at radius 1 is 1.50 bits per heavy atom. The van der Waals surface area contributed by atoms with Gasteiger partial charge in [0.25, 0.3) is 0 Å². The van der Waals surface area contributed by atoms with Crippen LogP contribution in [0, 0.1) is 0 Å². The minimum atomic E-state index is 0. The molecule has 0 aromatic heterocycles. The summed E-state index contributed by atoms with van der Waals surface area (Å²) in [6.45, 7) is 0. The van der Waals surface area contributed by atoms with E-state index in [1.54, 1.807) is 0 Å². The van der Waals surface area contributed by atoms with E-state index in [4.69, 9.17) is 3.32 Å². The van der Waals surface area contributed by atoms with Crippen molar-refractivity contribution in [1.29, 1.82) is 0 Å². The van der Waals surface area contributed by atoms with E-state index >= 15 is 0 Å². The third kappa shape index (κ3) is 8.87. The molecule has 4 heteroatoms. The number of hydrogen-bond acceptors (Lipinski definition) is 1. The van der Waals surface area contributed by atoms with E-state index in [0.717, 1.165) is 20.4 Å². The third-order valence-corrected chi connectivity index (χ3v) is 0. The minimum absolute atomic E-state index is 0. The van der Waals surface area contributed by atoms with Gasteiger partial charge in [0.1, 0.15) is 0 Å². The molecule has 0 saturated carbocycles. The molecule has 0 rings (SSSR count). The van der Waals surface area contributed by atoms with Gasteiger partial charge < -0.3 is 2.85 Å². The molecule has 4 heavy (non-hydrogen) atoms. The summed E-state index contributed by atoms with van der Waals surface area (Å²) in [6.07, 6.45) is 0. The zero-order valence-corrected chi connectivity index (χ0v) is 12.9. The maximum absolute atomic E-state index is 8.25. The number of rotatable bonds is 0. The summed E-state index contributed by atoms with van der Waals surface area (Å²) < 4.78 is 8.25. The van der Waals surface area contributed by atoms with Crippen molar-refractivity contribution >= 4 is 72.8 Å². The van der Waals surface area contributed by atoms with Gasteiger partial charge in [0.05, 0.1) is 0 Å². The molecule has 1 nitrogen and oxygen atoms in total. The molecular weight excluding hydrogens is 359 g/mol. The van der Waals surface area contributed by atoms with Crippen molar-refractivity contribution < 1.29 is 26.6 Å². The van der Waals surface area contributed by atoms with Crippen molar-refractivity contribution in [3.05, 3.63) is 0 Å². The minimum Gasteiger partial charge on any atom is 2.00 e. The first kappa shape index (κ1) is 15.8. The fourth-order valence-electron chi connectivity index (χ4n) is 0. The second-order valence-corrected chi connectivity index (χ2v) is 0. The summed E-state index contributed by atoms with van der Waals surface area (Å²) in [7, 11) is 0. The second kappa shape index (κ2) is 16.8. The van der Waals surface area contributed by atoms with Gasteiger partial charge in [-0.05, 0) is 0 Å². The largest absolute Gasteiger partial charge is 2.00 e. The van der Waals surface area contributed by atoms with Crippen LogP contribution in [0.15, 0.2) is 0 Å². The number of hydrogen-bond donors (Lipinski definition) is 0. The van der Waals surface area contributed by atoms with Gasteiger partial charge in [-0.25, -0.2) is 0 Å². The molecule has 0 bridgehead atoms. The van der Waals surface area contributed by atoms with Gasteiger partial charge in [0.2, 0.25) is 0 Å². The standard InChI is InChI=1S/O.Pb.Sr.Ti.4H/q;;+2;;;;2*-1. The summed E-state index contributed by atoms with van der Waals surface area (Å²) >= 11 is 0.750. The third-order valence-electron chi connectivity index (χ3n) is 0. The fourth-order valence-corrected chi connectivity index (χ4v) is 0. The maximum atomic E-state index is 8.25. The first-order chi connectivity index (χ1) is 1.00. The topological polar surface area (TPSA) is 17.1 Å². The van der Waals surface area contributed by atoms with Crippen molar-refractivity contribution in [2.45, 2.75) is 0 Å². The Hall–Kier alpha value is 2.92. The zero-order chi connectivity index (χ0) is 2.00. The molecule has 20 valence electrons. The molecule has 0 saturated heterocycles. The van der Waals surface area contributed by atoms with Crippen LogP contribution >= 0.6 is 0 Å². The smallest absolute Gasteiger partial charge is 2.00 e. The predicted octanol–water partition coefficient (Wildman–Crippen LogP) is -1.19. The molecule has 0 fully saturated rings. The van der Waals surface area contributed by atoms with Crippen LogP contribution < -0.4 is 0 Å². The van der Waals surface area contributed by atoms with Gasteiger partial charge in [0, 0.05) is 0 Å². The molecule has 0 atom stereocenters. The summed E-state index contributed by atoms with van der Waals surface area (Å²) in [5, 5.41) is 0. The average molecular weight is 363 g/mol. The molecule has 0 N–H and O–H groups in total. The van der Waals surface area contributed by atoms with Gasteiger partial charge in [-0.3, -0.25) is 0 Å². The quantitative estimate of drug-likeness (QED) is 0.495. The van der Waals surface area contributed by atoms with Gasteiger partial charge in [-0.1, -0.05) is 0 Å². The molecule has 0 aromatic carbocycles. The van der Waals surface area contributed by atoms with Gasteiger partial charge in [-0.15, -0.1) is 0 Å². The van der Waals surface area contributed by atoms with Gasteiger partial charge in [0.15, 0.2) is 0 Å². The Morgan fingerprint density at radius 2 is 1.50 bits per heavy atom. The van der Waals surface area contributed by atoms with E-state index in [-0.39, 0.29) is 75.6 Å². The van der Waals surface area contributed by atoms with Crippen molar-refractivity contribution in [2.24, 2.45) is 0 Å². The van der Waals surface area contributed by atoms with Crippen LogP contribution in [-0.2, 0) is 23.7 Å². The zero-order valence-electron chi connectivity index (χ0n) is 4.32.